The molecule has 7 nitrogen and oxygen atoms in total. The summed E-state index contributed by atoms with van der Waals surface area (Å²) in [4.78, 5) is 21.3. The van der Waals surface area contributed by atoms with Crippen LogP contribution in [0.1, 0.15) is 48.3 Å². The van der Waals surface area contributed by atoms with Crippen molar-refractivity contribution >= 4 is 27.0 Å². The van der Waals surface area contributed by atoms with Crippen molar-refractivity contribution in [1.82, 2.24) is 15.2 Å². The van der Waals surface area contributed by atoms with Crippen LogP contribution >= 0.6 is 0 Å². The van der Waals surface area contributed by atoms with E-state index in [2.05, 4.69) is 26.0 Å². The number of ketones is 1. The molecular formula is C20H24FN5O2S. The second-order valence-corrected chi connectivity index (χ2v) is 11.0. The minimum atomic E-state index is -2.71. The van der Waals surface area contributed by atoms with Gasteiger partial charge in [0, 0.05) is 11.4 Å². The fraction of sp³-hybridized carbons (Fsp3) is 0.400. The maximum atomic E-state index is 14.7. The van der Waals surface area contributed by atoms with Crippen molar-refractivity contribution in [2.24, 2.45) is 10.7 Å². The number of Topliss-reactive ketones (excluding diaryl/α,β-unsaturated/α-hetero) is 1. The van der Waals surface area contributed by atoms with Crippen molar-refractivity contribution in [3.05, 3.63) is 52.9 Å². The average molecular weight is 418 g/mol. The molecule has 0 aromatic carbocycles. The quantitative estimate of drug-likeness (QED) is 0.600. The Kier molecular flexibility index (Phi) is 5.06. The van der Waals surface area contributed by atoms with Gasteiger partial charge in [-0.25, -0.2) is 4.39 Å². The summed E-state index contributed by atoms with van der Waals surface area (Å²) < 4.78 is 26.9. The van der Waals surface area contributed by atoms with Crippen molar-refractivity contribution in [2.75, 3.05) is 5.75 Å². The molecule has 0 radical (unpaired) electrons. The predicted molar refractivity (Wildman–Crippen MR) is 112 cm³/mol. The van der Waals surface area contributed by atoms with Gasteiger partial charge in [-0.2, -0.15) is 5.10 Å². The fourth-order valence-corrected chi connectivity index (χ4v) is 5.04. The summed E-state index contributed by atoms with van der Waals surface area (Å²) in [6.45, 7) is 6.82. The number of aromatic nitrogens is 3. The Morgan fingerprint density at radius 2 is 1.93 bits per heavy atom. The van der Waals surface area contributed by atoms with Crippen LogP contribution in [0.5, 0.6) is 0 Å². The number of nitrogens with zero attached hydrogens (tertiary/aromatic N) is 4. The lowest BCUT2D eigenvalue weighted by Crippen LogP contribution is -2.55. The van der Waals surface area contributed by atoms with Crippen LogP contribution in [0.4, 0.5) is 4.39 Å². The van der Waals surface area contributed by atoms with Crippen molar-refractivity contribution < 1.29 is 13.4 Å². The molecule has 0 fully saturated rings. The molecule has 2 aromatic heterocycles. The molecule has 2 aromatic rings. The minimum Gasteiger partial charge on any atom is -0.386 e. The molecule has 1 aliphatic heterocycles. The lowest BCUT2D eigenvalue weighted by atomic mass is 9.97. The van der Waals surface area contributed by atoms with E-state index >= 15 is 0 Å². The van der Waals surface area contributed by atoms with Crippen molar-refractivity contribution in [3.63, 3.8) is 0 Å². The number of nitrogens with two attached hydrogens (primary N) is 1. The Bertz CT molecular complexity index is 1110. The maximum Gasteiger partial charge on any atom is 0.189 e. The van der Waals surface area contributed by atoms with Crippen LogP contribution in [0.25, 0.3) is 0 Å². The molecule has 0 aliphatic carbocycles. The van der Waals surface area contributed by atoms with E-state index in [0.717, 1.165) is 0 Å². The van der Waals surface area contributed by atoms with E-state index in [1.807, 2.05) is 0 Å². The summed E-state index contributed by atoms with van der Waals surface area (Å²) in [6.07, 6.45) is -0.0778. The number of carbonyl (C=O) groups excluding carboxylic acids is 1. The molecule has 29 heavy (non-hydrogen) atoms. The zero-order valence-corrected chi connectivity index (χ0v) is 17.7. The fourth-order valence-electron chi connectivity index (χ4n) is 3.14. The normalized spacial score (nSPS) is 26.0. The highest BCUT2D eigenvalue weighted by Crippen LogP contribution is 2.37. The Morgan fingerprint density at radius 3 is 2.52 bits per heavy atom. The molecule has 3 heterocycles. The first-order chi connectivity index (χ1) is 13.4. The predicted octanol–water partition coefficient (Wildman–Crippen LogP) is 1.83. The van der Waals surface area contributed by atoms with E-state index in [1.165, 1.54) is 12.1 Å². The van der Waals surface area contributed by atoms with E-state index in [0.29, 0.717) is 11.4 Å². The molecule has 0 saturated heterocycles. The van der Waals surface area contributed by atoms with Crippen LogP contribution in [-0.2, 0) is 21.5 Å². The molecule has 2 N–H and O–H groups in total. The monoisotopic (exact) mass is 417 g/mol. The number of hydrogen-bond donors (Lipinski definition) is 1. The number of carbonyl (C=O) groups is 1. The zero-order chi connectivity index (χ0) is 21.6. The van der Waals surface area contributed by atoms with E-state index in [1.54, 1.807) is 39.8 Å². The Hall–Kier alpha value is -2.68. The van der Waals surface area contributed by atoms with Crippen molar-refractivity contribution in [1.29, 1.82) is 0 Å². The molecule has 0 amide bonds. The van der Waals surface area contributed by atoms with Gasteiger partial charge in [-0.15, -0.1) is 5.10 Å². The van der Waals surface area contributed by atoms with E-state index in [4.69, 9.17) is 5.73 Å². The molecule has 1 unspecified atom stereocenters. The third-order valence-corrected chi connectivity index (χ3v) is 8.36. The van der Waals surface area contributed by atoms with Gasteiger partial charge in [-0.1, -0.05) is 0 Å². The largest absolute Gasteiger partial charge is 0.386 e. The molecule has 154 valence electrons. The smallest absolute Gasteiger partial charge is 0.189 e. The summed E-state index contributed by atoms with van der Waals surface area (Å²) in [5.41, 5.74) is 6.07. The summed E-state index contributed by atoms with van der Waals surface area (Å²) in [5, 5.41) is 7.75. The molecule has 2 atom stereocenters. The SMILES string of the molecule is C=S1(=O)C[C@@](C)(c2nc(CC(=O)c3ccc(C)nn3)ccc2F)N=C(N)C1(C)C. The molecule has 0 saturated carbocycles. The number of pyridine rings is 1. The first-order valence-corrected chi connectivity index (χ1v) is 10.9. The first-order valence-electron chi connectivity index (χ1n) is 9.05. The number of rotatable bonds is 4. The van der Waals surface area contributed by atoms with Crippen LogP contribution < -0.4 is 5.73 Å². The van der Waals surface area contributed by atoms with Gasteiger partial charge in [0.1, 0.15) is 28.6 Å². The molecule has 9 heteroatoms. The van der Waals surface area contributed by atoms with Gasteiger partial charge in [0.15, 0.2) is 5.78 Å². The van der Waals surface area contributed by atoms with Crippen LogP contribution in [-0.4, -0.2) is 47.4 Å². The third kappa shape index (κ3) is 3.78. The van der Waals surface area contributed by atoms with E-state index in [9.17, 15) is 13.4 Å². The van der Waals surface area contributed by atoms with E-state index in [-0.39, 0.29) is 35.2 Å². The van der Waals surface area contributed by atoms with Crippen LogP contribution in [0.2, 0.25) is 0 Å². The lowest BCUT2D eigenvalue weighted by molar-refractivity contribution is 0.0986. The zero-order valence-electron chi connectivity index (χ0n) is 16.9. The summed E-state index contributed by atoms with van der Waals surface area (Å²) >= 11 is 0. The van der Waals surface area contributed by atoms with Crippen LogP contribution in [0, 0.1) is 12.7 Å². The van der Waals surface area contributed by atoms with Crippen molar-refractivity contribution in [2.45, 2.75) is 44.4 Å². The Balaban J connectivity index is 1.98. The van der Waals surface area contributed by atoms with Crippen LogP contribution in [0.3, 0.4) is 0 Å². The second-order valence-electron chi connectivity index (χ2n) is 8.03. The number of hydrogen-bond acceptors (Lipinski definition) is 7. The highest BCUT2D eigenvalue weighted by Gasteiger charge is 2.46. The average Bonchev–Trinajstić information content (AvgIpc) is 2.62. The number of aliphatic imine (C=N–C) groups is 1. The maximum absolute atomic E-state index is 14.7. The summed E-state index contributed by atoms with van der Waals surface area (Å²) in [6, 6.07) is 5.94. The topological polar surface area (TPSA) is 111 Å². The van der Waals surface area contributed by atoms with Gasteiger partial charge in [-0.3, -0.25) is 19.0 Å². The summed E-state index contributed by atoms with van der Waals surface area (Å²) in [5.74, 6) is 3.09. The second kappa shape index (κ2) is 6.98. The van der Waals surface area contributed by atoms with Gasteiger partial charge < -0.3 is 5.73 Å². The molecular weight excluding hydrogens is 393 g/mol. The van der Waals surface area contributed by atoms with Gasteiger partial charge in [0.25, 0.3) is 0 Å². The van der Waals surface area contributed by atoms with Gasteiger partial charge in [-0.05, 0) is 67.4 Å². The lowest BCUT2D eigenvalue weighted by Gasteiger charge is -2.40. The molecule has 1 aliphatic rings. The first kappa shape index (κ1) is 21.0. The number of amidine groups is 1. The standard InChI is InChI=1S/C20H24FN5O2S/c1-12-6-9-15(26-25-12)16(27)10-13-7-8-14(21)17(23-13)20(4)11-29(5,28)19(2,3)18(22)24-20/h6-9H,5,10-11H2,1-4H3,(H2,22,24)/t20-,29?/m0/s1. The number of halogens is 1. The van der Waals surface area contributed by atoms with Gasteiger partial charge in [0.05, 0.1) is 16.9 Å². The van der Waals surface area contributed by atoms with Gasteiger partial charge in [0.2, 0.25) is 0 Å². The number of aryl methyl sites for hydroxylation is 1. The van der Waals surface area contributed by atoms with Gasteiger partial charge >= 0.3 is 0 Å². The van der Waals surface area contributed by atoms with E-state index < -0.39 is 25.6 Å². The Labute approximate surface area is 169 Å². The third-order valence-electron chi connectivity index (χ3n) is 5.27. The molecule has 3 rings (SSSR count). The minimum absolute atomic E-state index is 0.00153. The molecule has 0 spiro atoms. The highest BCUT2D eigenvalue weighted by atomic mass is 32.2. The highest BCUT2D eigenvalue weighted by molar-refractivity contribution is 8.02. The molecule has 0 bridgehead atoms. The Morgan fingerprint density at radius 1 is 1.24 bits per heavy atom. The van der Waals surface area contributed by atoms with Crippen molar-refractivity contribution in [3.8, 4) is 0 Å². The summed E-state index contributed by atoms with van der Waals surface area (Å²) in [7, 11) is -2.71. The van der Waals surface area contributed by atoms with Crippen LogP contribution in [0.15, 0.2) is 29.3 Å².